The zero-order valence-electron chi connectivity index (χ0n) is 18.7. The van der Waals surface area contributed by atoms with Crippen molar-refractivity contribution in [1.29, 1.82) is 0 Å². The van der Waals surface area contributed by atoms with Crippen molar-refractivity contribution < 1.29 is 38.1 Å². The van der Waals surface area contributed by atoms with E-state index in [0.717, 1.165) is 51.4 Å². The first-order chi connectivity index (χ1) is 16.1. The fourth-order valence-electron chi connectivity index (χ4n) is 4.99. The molecular weight excluding hydrogens is 428 g/mol. The molecule has 8 heteroatoms. The summed E-state index contributed by atoms with van der Waals surface area (Å²) in [6.07, 6.45) is 9.95. The highest BCUT2D eigenvalue weighted by molar-refractivity contribution is 5.83. The smallest absolute Gasteiger partial charge is 0.314 e. The third kappa shape index (κ3) is 5.54. The minimum Gasteiger partial charge on any atom is -0.425 e. The van der Waals surface area contributed by atoms with E-state index in [-0.39, 0.29) is 47.2 Å². The third-order valence-electron chi connectivity index (χ3n) is 6.90. The van der Waals surface area contributed by atoms with Crippen molar-refractivity contribution in [2.24, 2.45) is 17.8 Å². The van der Waals surface area contributed by atoms with Crippen molar-refractivity contribution in [3.8, 4) is 23.0 Å². The lowest BCUT2D eigenvalue weighted by Crippen LogP contribution is -2.23. The van der Waals surface area contributed by atoms with Crippen LogP contribution in [0.3, 0.4) is 0 Å². The number of hydrogen-bond donors (Lipinski definition) is 0. The molecular formula is C25H30O8. The molecule has 1 aromatic rings. The Morgan fingerprint density at radius 2 is 0.970 bits per heavy atom. The minimum absolute atomic E-state index is 0.0225. The first-order valence-electron chi connectivity index (χ1n) is 12.0. The molecule has 0 atom stereocenters. The highest BCUT2D eigenvalue weighted by atomic mass is 16.6. The average molecular weight is 459 g/mol. The first kappa shape index (κ1) is 23.3. The predicted octanol–water partition coefficient (Wildman–Crippen LogP) is 4.51. The number of esters is 3. The Morgan fingerprint density at radius 3 is 1.39 bits per heavy atom. The van der Waals surface area contributed by atoms with Crippen LogP contribution in [0.5, 0.6) is 23.0 Å². The molecule has 3 fully saturated rings. The summed E-state index contributed by atoms with van der Waals surface area (Å²) < 4.78 is 22.0. The molecule has 33 heavy (non-hydrogen) atoms. The van der Waals surface area contributed by atoms with Crippen LogP contribution >= 0.6 is 0 Å². The van der Waals surface area contributed by atoms with Crippen LogP contribution in [0.4, 0.5) is 0 Å². The molecule has 0 aliphatic heterocycles. The van der Waals surface area contributed by atoms with E-state index in [1.165, 1.54) is 12.1 Å². The van der Waals surface area contributed by atoms with E-state index in [1.807, 2.05) is 0 Å². The first-order valence-corrected chi connectivity index (χ1v) is 12.0. The van der Waals surface area contributed by atoms with Crippen LogP contribution in [-0.4, -0.2) is 24.4 Å². The van der Waals surface area contributed by atoms with E-state index in [1.54, 1.807) is 0 Å². The highest BCUT2D eigenvalue weighted by Crippen LogP contribution is 2.46. The second-order valence-electron chi connectivity index (χ2n) is 9.14. The van der Waals surface area contributed by atoms with Gasteiger partial charge in [0.15, 0.2) is 11.5 Å². The van der Waals surface area contributed by atoms with Crippen LogP contribution in [0.1, 0.15) is 77.0 Å². The summed E-state index contributed by atoms with van der Waals surface area (Å²) in [5, 5.41) is 0. The zero-order valence-corrected chi connectivity index (χ0v) is 18.7. The number of carbonyl (C=O) groups excluding carboxylic acids is 4. The van der Waals surface area contributed by atoms with Crippen molar-refractivity contribution in [2.45, 2.75) is 77.0 Å². The van der Waals surface area contributed by atoms with Gasteiger partial charge in [0.25, 0.3) is 6.47 Å². The number of hydrogen-bond acceptors (Lipinski definition) is 8. The minimum atomic E-state index is -0.485. The van der Waals surface area contributed by atoms with Gasteiger partial charge in [0.2, 0.25) is 11.5 Å². The Bertz CT molecular complexity index is 890. The van der Waals surface area contributed by atoms with E-state index >= 15 is 0 Å². The van der Waals surface area contributed by atoms with Gasteiger partial charge in [0, 0.05) is 0 Å². The van der Waals surface area contributed by atoms with Gasteiger partial charge in [0.1, 0.15) is 0 Å². The van der Waals surface area contributed by atoms with E-state index in [4.69, 9.17) is 18.9 Å². The molecule has 0 bridgehead atoms. The molecule has 0 N–H and O–H groups in total. The zero-order chi connectivity index (χ0) is 23.2. The topological polar surface area (TPSA) is 105 Å². The number of rotatable bonds is 8. The standard InChI is InChI=1S/C25H30O8/c26-15-30-19-13-14-20(31-23(27)16-7-1-2-8-16)22(33-25(29)18-11-5-6-12-18)21(19)32-24(28)17-9-3-4-10-17/h13-18H,1-12H2. The van der Waals surface area contributed by atoms with Gasteiger partial charge >= 0.3 is 17.9 Å². The van der Waals surface area contributed by atoms with Gasteiger partial charge in [-0.2, -0.15) is 0 Å². The van der Waals surface area contributed by atoms with Crippen molar-refractivity contribution >= 4 is 24.4 Å². The molecule has 0 unspecified atom stereocenters. The van der Waals surface area contributed by atoms with Crippen molar-refractivity contribution in [3.63, 3.8) is 0 Å². The molecule has 0 spiro atoms. The summed E-state index contributed by atoms with van der Waals surface area (Å²) in [6, 6.07) is 2.77. The van der Waals surface area contributed by atoms with E-state index in [0.29, 0.717) is 25.7 Å². The van der Waals surface area contributed by atoms with Gasteiger partial charge in [0.05, 0.1) is 17.8 Å². The lowest BCUT2D eigenvalue weighted by atomic mass is 10.1. The maximum absolute atomic E-state index is 12.9. The Morgan fingerprint density at radius 1 is 0.606 bits per heavy atom. The Labute approximate surface area is 192 Å². The van der Waals surface area contributed by atoms with Crippen LogP contribution in [0.2, 0.25) is 0 Å². The van der Waals surface area contributed by atoms with Gasteiger partial charge in [-0.3, -0.25) is 19.2 Å². The van der Waals surface area contributed by atoms with E-state index < -0.39 is 17.9 Å². The molecule has 0 aromatic heterocycles. The molecule has 8 nitrogen and oxygen atoms in total. The largest absolute Gasteiger partial charge is 0.425 e. The summed E-state index contributed by atoms with van der Waals surface area (Å²) in [7, 11) is 0. The summed E-state index contributed by atoms with van der Waals surface area (Å²) >= 11 is 0. The monoisotopic (exact) mass is 458 g/mol. The second kappa shape index (κ2) is 10.8. The van der Waals surface area contributed by atoms with Crippen LogP contribution in [0.25, 0.3) is 0 Å². The fourth-order valence-corrected chi connectivity index (χ4v) is 4.99. The molecule has 0 radical (unpaired) electrons. The summed E-state index contributed by atoms with van der Waals surface area (Å²) in [5.41, 5.74) is 0. The van der Waals surface area contributed by atoms with Gasteiger partial charge in [-0.1, -0.05) is 38.5 Å². The number of carbonyl (C=O) groups is 4. The maximum atomic E-state index is 12.9. The molecule has 178 valence electrons. The molecule has 0 heterocycles. The average Bonchev–Trinajstić information content (AvgIpc) is 3.60. The summed E-state index contributed by atoms with van der Waals surface area (Å²) in [6.45, 7) is 0.203. The van der Waals surface area contributed by atoms with Gasteiger partial charge in [-0.15, -0.1) is 0 Å². The van der Waals surface area contributed by atoms with Crippen molar-refractivity contribution in [1.82, 2.24) is 0 Å². The Hall–Kier alpha value is -2.90. The molecule has 4 rings (SSSR count). The lowest BCUT2D eigenvalue weighted by molar-refractivity contribution is -0.142. The maximum Gasteiger partial charge on any atom is 0.314 e. The van der Waals surface area contributed by atoms with Crippen LogP contribution in [0.15, 0.2) is 12.1 Å². The summed E-state index contributed by atoms with van der Waals surface area (Å²) in [5.74, 6) is -2.66. The van der Waals surface area contributed by atoms with Gasteiger partial charge < -0.3 is 18.9 Å². The van der Waals surface area contributed by atoms with Crippen molar-refractivity contribution in [3.05, 3.63) is 12.1 Å². The predicted molar refractivity (Wildman–Crippen MR) is 116 cm³/mol. The molecule has 0 amide bonds. The normalized spacial score (nSPS) is 19.4. The SMILES string of the molecule is O=COc1ccc(OC(=O)C2CCCC2)c(OC(=O)C2CCCC2)c1OC(=O)C1CCCC1. The molecule has 0 saturated heterocycles. The van der Waals surface area contributed by atoms with E-state index in [2.05, 4.69) is 0 Å². The van der Waals surface area contributed by atoms with Crippen LogP contribution < -0.4 is 18.9 Å². The third-order valence-corrected chi connectivity index (χ3v) is 6.90. The van der Waals surface area contributed by atoms with Crippen molar-refractivity contribution in [2.75, 3.05) is 0 Å². The van der Waals surface area contributed by atoms with Gasteiger partial charge in [-0.25, -0.2) is 0 Å². The number of benzene rings is 1. The molecule has 3 aliphatic rings. The highest BCUT2D eigenvalue weighted by Gasteiger charge is 2.33. The quantitative estimate of drug-likeness (QED) is 0.318. The van der Waals surface area contributed by atoms with Crippen LogP contribution in [0, 0.1) is 17.8 Å². The fraction of sp³-hybridized carbons (Fsp3) is 0.600. The molecule has 1 aromatic carbocycles. The Balaban J connectivity index is 1.67. The number of ether oxygens (including phenoxy) is 4. The van der Waals surface area contributed by atoms with Crippen LogP contribution in [-0.2, 0) is 19.2 Å². The van der Waals surface area contributed by atoms with Gasteiger partial charge in [-0.05, 0) is 50.7 Å². The molecule has 3 saturated carbocycles. The summed E-state index contributed by atoms with van der Waals surface area (Å²) in [4.78, 5) is 49.4. The second-order valence-corrected chi connectivity index (χ2v) is 9.14. The Kier molecular flexibility index (Phi) is 7.62. The molecule has 3 aliphatic carbocycles. The van der Waals surface area contributed by atoms with E-state index in [9.17, 15) is 19.2 Å². The lowest BCUT2D eigenvalue weighted by Gasteiger charge is -2.19.